The fourth-order valence-electron chi connectivity index (χ4n) is 1.90. The Hall–Kier alpha value is -1.88. The topological polar surface area (TPSA) is 84.2 Å². The Kier molecular flexibility index (Phi) is 4.74. The molecule has 1 aliphatic carbocycles. The third kappa shape index (κ3) is 4.06. The monoisotopic (exact) mass is 275 g/mol. The summed E-state index contributed by atoms with van der Waals surface area (Å²) in [5.41, 5.74) is 7.81. The SMILES string of the molecule is Cc1ccc(C(N)C(=O)NCCNC(=O)C2CC2)cc1. The minimum absolute atomic E-state index is 0.0853. The van der Waals surface area contributed by atoms with Crippen LogP contribution in [0.5, 0.6) is 0 Å². The summed E-state index contributed by atoms with van der Waals surface area (Å²) < 4.78 is 0. The summed E-state index contributed by atoms with van der Waals surface area (Å²) in [6, 6.07) is 6.90. The van der Waals surface area contributed by atoms with E-state index in [-0.39, 0.29) is 17.7 Å². The second kappa shape index (κ2) is 6.52. The summed E-state index contributed by atoms with van der Waals surface area (Å²) in [5.74, 6) is 0.0529. The van der Waals surface area contributed by atoms with Crippen molar-refractivity contribution in [3.05, 3.63) is 35.4 Å². The maximum Gasteiger partial charge on any atom is 0.241 e. The van der Waals surface area contributed by atoms with Crippen LogP contribution < -0.4 is 16.4 Å². The summed E-state index contributed by atoms with van der Waals surface area (Å²) in [6.07, 6.45) is 1.97. The number of hydrogen-bond acceptors (Lipinski definition) is 3. The number of rotatable bonds is 6. The van der Waals surface area contributed by atoms with Crippen molar-refractivity contribution in [2.24, 2.45) is 11.7 Å². The average molecular weight is 275 g/mol. The molecule has 20 heavy (non-hydrogen) atoms. The van der Waals surface area contributed by atoms with E-state index in [1.54, 1.807) is 0 Å². The maximum absolute atomic E-state index is 11.9. The molecule has 0 aliphatic heterocycles. The molecule has 1 saturated carbocycles. The van der Waals surface area contributed by atoms with E-state index in [1.165, 1.54) is 0 Å². The molecule has 1 fully saturated rings. The number of amides is 2. The fourth-order valence-corrected chi connectivity index (χ4v) is 1.90. The van der Waals surface area contributed by atoms with Gasteiger partial charge in [-0.25, -0.2) is 0 Å². The number of hydrogen-bond donors (Lipinski definition) is 3. The van der Waals surface area contributed by atoms with Crippen molar-refractivity contribution in [1.82, 2.24) is 10.6 Å². The zero-order valence-corrected chi connectivity index (χ0v) is 11.7. The van der Waals surface area contributed by atoms with Crippen molar-refractivity contribution in [1.29, 1.82) is 0 Å². The highest BCUT2D eigenvalue weighted by atomic mass is 16.2. The molecule has 1 aliphatic rings. The van der Waals surface area contributed by atoms with Crippen LogP contribution in [0, 0.1) is 12.8 Å². The Balaban J connectivity index is 1.70. The number of nitrogens with one attached hydrogen (secondary N) is 2. The lowest BCUT2D eigenvalue weighted by Crippen LogP contribution is -2.39. The first kappa shape index (κ1) is 14.5. The highest BCUT2D eigenvalue weighted by Crippen LogP contribution is 2.28. The van der Waals surface area contributed by atoms with Gasteiger partial charge in [-0.1, -0.05) is 29.8 Å². The molecule has 0 saturated heterocycles. The molecule has 1 aromatic rings. The molecule has 4 N–H and O–H groups in total. The molecule has 1 unspecified atom stereocenters. The van der Waals surface area contributed by atoms with Crippen LogP contribution in [0.2, 0.25) is 0 Å². The molecule has 2 rings (SSSR count). The Morgan fingerprint density at radius 1 is 1.20 bits per heavy atom. The number of nitrogens with two attached hydrogens (primary N) is 1. The normalized spacial score (nSPS) is 15.5. The quantitative estimate of drug-likeness (QED) is 0.666. The Bertz CT molecular complexity index is 480. The van der Waals surface area contributed by atoms with E-state index in [1.807, 2.05) is 31.2 Å². The highest BCUT2D eigenvalue weighted by Gasteiger charge is 2.29. The van der Waals surface area contributed by atoms with E-state index in [9.17, 15) is 9.59 Å². The van der Waals surface area contributed by atoms with Crippen molar-refractivity contribution >= 4 is 11.8 Å². The van der Waals surface area contributed by atoms with Gasteiger partial charge in [-0.2, -0.15) is 0 Å². The predicted octanol–water partition coefficient (Wildman–Crippen LogP) is 0.637. The van der Waals surface area contributed by atoms with Gasteiger partial charge in [0.15, 0.2) is 0 Å². The van der Waals surface area contributed by atoms with E-state index < -0.39 is 6.04 Å². The largest absolute Gasteiger partial charge is 0.354 e. The molecule has 0 aromatic heterocycles. The van der Waals surface area contributed by atoms with Gasteiger partial charge in [-0.15, -0.1) is 0 Å². The summed E-state index contributed by atoms with van der Waals surface area (Å²) in [7, 11) is 0. The van der Waals surface area contributed by atoms with Gasteiger partial charge in [0.05, 0.1) is 0 Å². The summed E-state index contributed by atoms with van der Waals surface area (Å²) in [4.78, 5) is 23.3. The van der Waals surface area contributed by atoms with E-state index in [0.29, 0.717) is 13.1 Å². The van der Waals surface area contributed by atoms with Crippen LogP contribution in [0.15, 0.2) is 24.3 Å². The van der Waals surface area contributed by atoms with E-state index >= 15 is 0 Å². The number of benzene rings is 1. The minimum Gasteiger partial charge on any atom is -0.354 e. The van der Waals surface area contributed by atoms with Gasteiger partial charge in [0.1, 0.15) is 6.04 Å². The van der Waals surface area contributed by atoms with Crippen molar-refractivity contribution in [2.45, 2.75) is 25.8 Å². The Morgan fingerprint density at radius 2 is 1.80 bits per heavy atom. The van der Waals surface area contributed by atoms with Gasteiger partial charge in [0.25, 0.3) is 0 Å². The Labute approximate surface area is 118 Å². The number of carbonyl (C=O) groups excluding carboxylic acids is 2. The molecule has 5 nitrogen and oxygen atoms in total. The molecule has 108 valence electrons. The van der Waals surface area contributed by atoms with Crippen molar-refractivity contribution < 1.29 is 9.59 Å². The van der Waals surface area contributed by atoms with Gasteiger partial charge >= 0.3 is 0 Å². The molecular weight excluding hydrogens is 254 g/mol. The van der Waals surface area contributed by atoms with Crippen LogP contribution in [0.25, 0.3) is 0 Å². The lowest BCUT2D eigenvalue weighted by atomic mass is 10.1. The first-order valence-corrected chi connectivity index (χ1v) is 6.95. The van der Waals surface area contributed by atoms with Gasteiger partial charge in [-0.3, -0.25) is 9.59 Å². The molecule has 5 heteroatoms. The zero-order chi connectivity index (χ0) is 14.5. The average Bonchev–Trinajstić information content (AvgIpc) is 3.27. The molecule has 0 bridgehead atoms. The molecule has 1 aromatic carbocycles. The van der Waals surface area contributed by atoms with Crippen LogP contribution >= 0.6 is 0 Å². The predicted molar refractivity (Wildman–Crippen MR) is 76.9 cm³/mol. The number of aryl methyl sites for hydroxylation is 1. The van der Waals surface area contributed by atoms with Crippen LogP contribution in [-0.2, 0) is 9.59 Å². The maximum atomic E-state index is 11.9. The molecular formula is C15H21N3O2. The second-order valence-corrected chi connectivity index (χ2v) is 5.24. The summed E-state index contributed by atoms with van der Waals surface area (Å²) in [5, 5.41) is 5.52. The third-order valence-corrected chi connectivity index (χ3v) is 3.39. The van der Waals surface area contributed by atoms with Gasteiger partial charge in [0.2, 0.25) is 11.8 Å². The first-order chi connectivity index (χ1) is 9.58. The molecule has 0 spiro atoms. The Morgan fingerprint density at radius 3 is 2.40 bits per heavy atom. The van der Waals surface area contributed by atoms with E-state index in [0.717, 1.165) is 24.0 Å². The smallest absolute Gasteiger partial charge is 0.241 e. The van der Waals surface area contributed by atoms with E-state index in [4.69, 9.17) is 5.73 Å². The van der Waals surface area contributed by atoms with Crippen molar-refractivity contribution in [3.63, 3.8) is 0 Å². The molecule has 1 atom stereocenters. The minimum atomic E-state index is -0.672. The van der Waals surface area contributed by atoms with Gasteiger partial charge in [-0.05, 0) is 25.3 Å². The lowest BCUT2D eigenvalue weighted by molar-refractivity contribution is -0.124. The van der Waals surface area contributed by atoms with Gasteiger partial charge < -0.3 is 16.4 Å². The molecule has 0 radical (unpaired) electrons. The third-order valence-electron chi connectivity index (χ3n) is 3.39. The second-order valence-electron chi connectivity index (χ2n) is 5.24. The summed E-state index contributed by atoms with van der Waals surface area (Å²) in [6.45, 7) is 2.83. The molecule has 0 heterocycles. The van der Waals surface area contributed by atoms with E-state index in [2.05, 4.69) is 10.6 Å². The van der Waals surface area contributed by atoms with Crippen molar-refractivity contribution in [3.8, 4) is 0 Å². The van der Waals surface area contributed by atoms with Gasteiger partial charge in [0, 0.05) is 19.0 Å². The number of carbonyl (C=O) groups is 2. The van der Waals surface area contributed by atoms with Crippen LogP contribution in [-0.4, -0.2) is 24.9 Å². The lowest BCUT2D eigenvalue weighted by Gasteiger charge is -2.13. The van der Waals surface area contributed by atoms with Crippen LogP contribution in [0.4, 0.5) is 0 Å². The fraction of sp³-hybridized carbons (Fsp3) is 0.467. The summed E-state index contributed by atoms with van der Waals surface area (Å²) >= 11 is 0. The first-order valence-electron chi connectivity index (χ1n) is 6.95. The van der Waals surface area contributed by atoms with Crippen molar-refractivity contribution in [2.75, 3.05) is 13.1 Å². The van der Waals surface area contributed by atoms with Crippen LogP contribution in [0.1, 0.15) is 30.0 Å². The highest BCUT2D eigenvalue weighted by molar-refractivity contribution is 5.83. The molecule has 2 amide bonds. The van der Waals surface area contributed by atoms with Crippen LogP contribution in [0.3, 0.4) is 0 Å². The zero-order valence-electron chi connectivity index (χ0n) is 11.7. The standard InChI is InChI=1S/C15H21N3O2/c1-10-2-4-11(5-3-10)13(16)15(20)18-9-8-17-14(19)12-6-7-12/h2-5,12-13H,6-9,16H2,1H3,(H,17,19)(H,18,20).